The average Bonchev–Trinajstić information content (AvgIpc) is 3.30. The second-order valence-corrected chi connectivity index (χ2v) is 8.53. The van der Waals surface area contributed by atoms with Crippen LogP contribution in [0, 0.1) is 6.92 Å². The van der Waals surface area contributed by atoms with E-state index in [9.17, 15) is 9.90 Å². The smallest absolute Gasteiger partial charge is 0.250 e. The van der Waals surface area contributed by atoms with Crippen molar-refractivity contribution in [2.45, 2.75) is 19.0 Å². The summed E-state index contributed by atoms with van der Waals surface area (Å²) in [4.78, 5) is 12.4. The van der Waals surface area contributed by atoms with E-state index in [-0.39, 0.29) is 17.4 Å². The molecule has 1 heterocycles. The Balaban J connectivity index is 1.46. The van der Waals surface area contributed by atoms with E-state index in [0.29, 0.717) is 28.9 Å². The summed E-state index contributed by atoms with van der Waals surface area (Å²) in [5.41, 5.74) is 6.20. The molecule has 0 aliphatic heterocycles. The van der Waals surface area contributed by atoms with E-state index in [1.807, 2.05) is 73.0 Å². The Hall–Kier alpha value is -4.11. The van der Waals surface area contributed by atoms with Gasteiger partial charge in [-0.25, -0.2) is 5.43 Å². The van der Waals surface area contributed by atoms with E-state index in [1.54, 1.807) is 12.1 Å². The predicted octanol–water partition coefficient (Wildman–Crippen LogP) is 4.59. The third-order valence-corrected chi connectivity index (χ3v) is 5.91. The maximum Gasteiger partial charge on any atom is 0.250 e. The number of carbonyl (C=O) groups excluding carboxylic acids is 1. The first kappa shape index (κ1) is 24.0. The standard InChI is InChI=1S/C26H25N5O3S/c1-3-34-23-15-19(11-14-22(23)32)16-27-28-24(33)17-35-26-30-29-25(20-7-5-4-6-8-20)31(26)21-12-9-18(2)10-13-21/h4-16,32H,3,17H2,1-2H3,(H,28,33)/b27-16+. The van der Waals surface area contributed by atoms with Gasteiger partial charge in [0.25, 0.3) is 5.91 Å². The van der Waals surface area contributed by atoms with Crippen LogP contribution in [0.4, 0.5) is 0 Å². The maximum absolute atomic E-state index is 12.4. The molecular formula is C26H25N5O3S. The molecule has 0 fully saturated rings. The van der Waals surface area contributed by atoms with Crippen molar-refractivity contribution in [3.05, 3.63) is 83.9 Å². The van der Waals surface area contributed by atoms with Gasteiger partial charge < -0.3 is 9.84 Å². The molecule has 178 valence electrons. The number of rotatable bonds is 9. The molecule has 4 aromatic rings. The zero-order valence-corrected chi connectivity index (χ0v) is 20.2. The lowest BCUT2D eigenvalue weighted by Crippen LogP contribution is -2.20. The number of hydrazone groups is 1. The van der Waals surface area contributed by atoms with Crippen LogP contribution in [0.5, 0.6) is 11.5 Å². The number of nitrogens with zero attached hydrogens (tertiary/aromatic N) is 4. The summed E-state index contributed by atoms with van der Waals surface area (Å²) in [7, 11) is 0. The van der Waals surface area contributed by atoms with Crippen LogP contribution in [0.3, 0.4) is 0 Å². The molecule has 0 unspecified atom stereocenters. The van der Waals surface area contributed by atoms with Gasteiger partial charge in [-0.1, -0.05) is 59.8 Å². The van der Waals surface area contributed by atoms with Crippen LogP contribution in [0.2, 0.25) is 0 Å². The Kier molecular flexibility index (Phi) is 7.79. The van der Waals surface area contributed by atoms with Crippen molar-refractivity contribution < 1.29 is 14.6 Å². The summed E-state index contributed by atoms with van der Waals surface area (Å²) in [6.07, 6.45) is 1.49. The SMILES string of the molecule is CCOc1cc(/C=N/NC(=O)CSc2nnc(-c3ccccc3)n2-c2ccc(C)cc2)ccc1O. The molecule has 3 aromatic carbocycles. The van der Waals surface area contributed by atoms with Crippen molar-refractivity contribution in [1.29, 1.82) is 0 Å². The highest BCUT2D eigenvalue weighted by molar-refractivity contribution is 7.99. The van der Waals surface area contributed by atoms with Crippen LogP contribution in [-0.2, 0) is 4.79 Å². The van der Waals surface area contributed by atoms with E-state index in [4.69, 9.17) is 4.74 Å². The Bertz CT molecular complexity index is 1320. The molecule has 0 aliphatic rings. The normalized spacial score (nSPS) is 11.0. The van der Waals surface area contributed by atoms with E-state index in [1.165, 1.54) is 24.0 Å². The second kappa shape index (κ2) is 11.3. The summed E-state index contributed by atoms with van der Waals surface area (Å²) in [6.45, 7) is 4.30. The molecule has 1 aromatic heterocycles. The van der Waals surface area contributed by atoms with Gasteiger partial charge in [-0.15, -0.1) is 10.2 Å². The molecule has 4 rings (SSSR count). The lowest BCUT2D eigenvalue weighted by Gasteiger charge is -2.10. The lowest BCUT2D eigenvalue weighted by atomic mass is 10.2. The number of ether oxygens (including phenoxy) is 1. The van der Waals surface area contributed by atoms with Crippen molar-refractivity contribution >= 4 is 23.9 Å². The molecule has 2 N–H and O–H groups in total. The van der Waals surface area contributed by atoms with Gasteiger partial charge in [-0.3, -0.25) is 9.36 Å². The largest absolute Gasteiger partial charge is 0.504 e. The van der Waals surface area contributed by atoms with Gasteiger partial charge in [-0.05, 0) is 49.7 Å². The minimum absolute atomic E-state index is 0.0528. The quantitative estimate of drug-likeness (QED) is 0.203. The number of aromatic hydroxyl groups is 1. The summed E-state index contributed by atoms with van der Waals surface area (Å²) >= 11 is 1.28. The van der Waals surface area contributed by atoms with Crippen LogP contribution in [0.15, 0.2) is 83.1 Å². The number of nitrogens with one attached hydrogen (secondary N) is 1. The van der Waals surface area contributed by atoms with Crippen molar-refractivity contribution in [3.8, 4) is 28.6 Å². The molecule has 0 saturated carbocycles. The van der Waals surface area contributed by atoms with Crippen molar-refractivity contribution in [3.63, 3.8) is 0 Å². The molecule has 0 saturated heterocycles. The number of phenols is 1. The van der Waals surface area contributed by atoms with E-state index < -0.39 is 0 Å². The highest BCUT2D eigenvalue weighted by Crippen LogP contribution is 2.28. The van der Waals surface area contributed by atoms with Gasteiger partial charge in [-0.2, -0.15) is 5.10 Å². The number of carbonyl (C=O) groups is 1. The second-order valence-electron chi connectivity index (χ2n) is 7.59. The average molecular weight is 488 g/mol. The van der Waals surface area contributed by atoms with Crippen LogP contribution in [0.1, 0.15) is 18.1 Å². The molecule has 35 heavy (non-hydrogen) atoms. The molecule has 9 heteroatoms. The number of thioether (sulfide) groups is 1. The van der Waals surface area contributed by atoms with E-state index in [0.717, 1.165) is 16.8 Å². The van der Waals surface area contributed by atoms with Gasteiger partial charge in [0.2, 0.25) is 0 Å². The molecule has 0 spiro atoms. The maximum atomic E-state index is 12.4. The summed E-state index contributed by atoms with van der Waals surface area (Å²) in [5, 5.41) is 23.1. The van der Waals surface area contributed by atoms with Crippen molar-refractivity contribution in [2.75, 3.05) is 12.4 Å². The predicted molar refractivity (Wildman–Crippen MR) is 137 cm³/mol. The number of aryl methyl sites for hydroxylation is 1. The van der Waals surface area contributed by atoms with Crippen LogP contribution < -0.4 is 10.2 Å². The first-order valence-corrected chi connectivity index (χ1v) is 12.0. The van der Waals surface area contributed by atoms with E-state index >= 15 is 0 Å². The fourth-order valence-corrected chi connectivity index (χ4v) is 4.03. The van der Waals surface area contributed by atoms with Gasteiger partial charge in [0, 0.05) is 11.3 Å². The third kappa shape index (κ3) is 6.07. The Morgan fingerprint density at radius 1 is 1.11 bits per heavy atom. The monoisotopic (exact) mass is 487 g/mol. The fourth-order valence-electron chi connectivity index (χ4n) is 3.29. The lowest BCUT2D eigenvalue weighted by molar-refractivity contribution is -0.118. The van der Waals surface area contributed by atoms with Crippen LogP contribution >= 0.6 is 11.8 Å². The number of aromatic nitrogens is 3. The first-order chi connectivity index (χ1) is 17.0. The Morgan fingerprint density at radius 2 is 1.89 bits per heavy atom. The fraction of sp³-hybridized carbons (Fsp3) is 0.154. The number of hydrogen-bond donors (Lipinski definition) is 2. The van der Waals surface area contributed by atoms with Crippen molar-refractivity contribution in [2.24, 2.45) is 5.10 Å². The molecule has 1 amide bonds. The van der Waals surface area contributed by atoms with Crippen LogP contribution in [0.25, 0.3) is 17.1 Å². The first-order valence-electron chi connectivity index (χ1n) is 11.0. The summed E-state index contributed by atoms with van der Waals surface area (Å²) in [6, 6.07) is 22.7. The van der Waals surface area contributed by atoms with Gasteiger partial charge >= 0.3 is 0 Å². The molecule has 0 bridgehead atoms. The number of phenolic OH excluding ortho intramolecular Hbond substituents is 1. The van der Waals surface area contributed by atoms with Gasteiger partial charge in [0.1, 0.15) is 0 Å². The summed E-state index contributed by atoms with van der Waals surface area (Å²) in [5.74, 6) is 0.943. The zero-order chi connectivity index (χ0) is 24.6. The summed E-state index contributed by atoms with van der Waals surface area (Å²) < 4.78 is 7.31. The van der Waals surface area contributed by atoms with E-state index in [2.05, 4.69) is 20.7 Å². The van der Waals surface area contributed by atoms with Crippen molar-refractivity contribution in [1.82, 2.24) is 20.2 Å². The highest BCUT2D eigenvalue weighted by Gasteiger charge is 2.17. The number of benzene rings is 3. The zero-order valence-electron chi connectivity index (χ0n) is 19.4. The highest BCUT2D eigenvalue weighted by atomic mass is 32.2. The van der Waals surface area contributed by atoms with Crippen LogP contribution in [-0.4, -0.2) is 44.4 Å². The Labute approximate surface area is 207 Å². The molecule has 8 nitrogen and oxygen atoms in total. The number of hydrogen-bond acceptors (Lipinski definition) is 7. The topological polar surface area (TPSA) is 102 Å². The molecule has 0 aliphatic carbocycles. The number of amides is 1. The minimum atomic E-state index is -0.283. The molecular weight excluding hydrogens is 462 g/mol. The molecule has 0 atom stereocenters. The van der Waals surface area contributed by atoms with Gasteiger partial charge in [0.15, 0.2) is 22.5 Å². The molecule has 0 radical (unpaired) electrons. The minimum Gasteiger partial charge on any atom is -0.504 e. The third-order valence-electron chi connectivity index (χ3n) is 4.98. The van der Waals surface area contributed by atoms with Gasteiger partial charge in [0.05, 0.1) is 18.6 Å². The Morgan fingerprint density at radius 3 is 2.63 bits per heavy atom.